The predicted octanol–water partition coefficient (Wildman–Crippen LogP) is 3.90. The van der Waals surface area contributed by atoms with Crippen LogP contribution in [0.3, 0.4) is 0 Å². The number of rotatable bonds is 6. The van der Waals surface area contributed by atoms with Gasteiger partial charge in [-0.15, -0.1) is 0 Å². The van der Waals surface area contributed by atoms with Crippen molar-refractivity contribution in [3.8, 4) is 11.5 Å². The molecule has 1 atom stereocenters. The molecule has 0 bridgehead atoms. The van der Waals surface area contributed by atoms with Crippen LogP contribution in [0.1, 0.15) is 38.7 Å². The van der Waals surface area contributed by atoms with Crippen molar-refractivity contribution >= 4 is 23.6 Å². The highest BCUT2D eigenvalue weighted by molar-refractivity contribution is 6.32. The molecular formula is C21H28ClNO5. The third-order valence-corrected chi connectivity index (χ3v) is 5.10. The van der Waals surface area contributed by atoms with Crippen LogP contribution in [0.5, 0.6) is 11.5 Å². The van der Waals surface area contributed by atoms with Crippen molar-refractivity contribution in [2.24, 2.45) is 0 Å². The molecule has 6 nitrogen and oxygen atoms in total. The maximum Gasteiger partial charge on any atom is 0.246 e. The van der Waals surface area contributed by atoms with Crippen LogP contribution in [-0.2, 0) is 14.3 Å². The van der Waals surface area contributed by atoms with E-state index in [1.165, 1.54) is 0 Å². The molecule has 1 aromatic carbocycles. The van der Waals surface area contributed by atoms with Crippen LogP contribution < -0.4 is 9.47 Å². The van der Waals surface area contributed by atoms with Crippen molar-refractivity contribution in [3.05, 3.63) is 28.8 Å². The SMILES string of the molecule is COc1cc(/C=C/C(=O)N2CCCCC2C2OCCO2)cc(Cl)c1OC(C)C. The maximum absolute atomic E-state index is 12.8. The van der Waals surface area contributed by atoms with E-state index in [-0.39, 0.29) is 24.3 Å². The summed E-state index contributed by atoms with van der Waals surface area (Å²) in [5.74, 6) is 0.993. The Labute approximate surface area is 171 Å². The summed E-state index contributed by atoms with van der Waals surface area (Å²) in [6.45, 7) is 5.73. The Morgan fingerprint density at radius 3 is 2.71 bits per heavy atom. The summed E-state index contributed by atoms with van der Waals surface area (Å²) in [7, 11) is 1.57. The molecule has 2 saturated heterocycles. The van der Waals surface area contributed by atoms with Crippen molar-refractivity contribution in [1.29, 1.82) is 0 Å². The van der Waals surface area contributed by atoms with Gasteiger partial charge in [-0.2, -0.15) is 0 Å². The minimum absolute atomic E-state index is 0.0228. The molecule has 0 spiro atoms. The molecule has 154 valence electrons. The number of hydrogen-bond donors (Lipinski definition) is 0. The number of likely N-dealkylation sites (tertiary alicyclic amines) is 1. The zero-order valence-electron chi connectivity index (χ0n) is 16.7. The van der Waals surface area contributed by atoms with Crippen LogP contribution in [0.15, 0.2) is 18.2 Å². The lowest BCUT2D eigenvalue weighted by Gasteiger charge is -2.37. The molecule has 1 aromatic rings. The van der Waals surface area contributed by atoms with Gasteiger partial charge in [0.25, 0.3) is 0 Å². The molecule has 0 radical (unpaired) electrons. The van der Waals surface area contributed by atoms with E-state index in [1.807, 2.05) is 24.8 Å². The summed E-state index contributed by atoms with van der Waals surface area (Å²) in [6, 6.07) is 3.54. The number of nitrogens with zero attached hydrogens (tertiary/aromatic N) is 1. The number of halogens is 1. The molecule has 1 amide bonds. The zero-order valence-corrected chi connectivity index (χ0v) is 17.4. The average molecular weight is 410 g/mol. The molecule has 2 aliphatic rings. The second-order valence-corrected chi connectivity index (χ2v) is 7.65. The quantitative estimate of drug-likeness (QED) is 0.667. The minimum Gasteiger partial charge on any atom is -0.493 e. The summed E-state index contributed by atoms with van der Waals surface area (Å²) in [4.78, 5) is 14.7. The number of benzene rings is 1. The molecule has 0 N–H and O–H groups in total. The number of piperidine rings is 1. The molecule has 1 unspecified atom stereocenters. The molecular weight excluding hydrogens is 382 g/mol. The van der Waals surface area contributed by atoms with Crippen LogP contribution in [0.2, 0.25) is 5.02 Å². The molecule has 7 heteroatoms. The van der Waals surface area contributed by atoms with Crippen LogP contribution in [0.25, 0.3) is 6.08 Å². The standard InChI is InChI=1S/C21H28ClNO5/c1-14(2)28-20-16(22)12-15(13-18(20)25-3)7-8-19(24)23-9-5-4-6-17(23)21-26-10-11-27-21/h7-8,12-14,17,21H,4-6,9-11H2,1-3H3/b8-7+. The first-order valence-electron chi connectivity index (χ1n) is 9.75. The van der Waals surface area contributed by atoms with Crippen molar-refractivity contribution in [3.63, 3.8) is 0 Å². The summed E-state index contributed by atoms with van der Waals surface area (Å²) in [6.07, 6.45) is 5.93. The highest BCUT2D eigenvalue weighted by Gasteiger charge is 2.35. The molecule has 28 heavy (non-hydrogen) atoms. The first-order chi connectivity index (χ1) is 13.5. The Kier molecular flexibility index (Phi) is 7.21. The van der Waals surface area contributed by atoms with Gasteiger partial charge in [-0.1, -0.05) is 11.6 Å². The van der Waals surface area contributed by atoms with Gasteiger partial charge in [0.05, 0.1) is 37.5 Å². The first-order valence-corrected chi connectivity index (χ1v) is 10.1. The Hall–Kier alpha value is -1.76. The maximum atomic E-state index is 12.8. The van der Waals surface area contributed by atoms with Gasteiger partial charge in [0.2, 0.25) is 5.91 Å². The van der Waals surface area contributed by atoms with E-state index in [4.69, 9.17) is 30.5 Å². The largest absolute Gasteiger partial charge is 0.493 e. The lowest BCUT2D eigenvalue weighted by atomic mass is 10.0. The van der Waals surface area contributed by atoms with Crippen molar-refractivity contribution in [2.45, 2.75) is 51.5 Å². The van der Waals surface area contributed by atoms with E-state index in [1.54, 1.807) is 25.3 Å². The number of methoxy groups -OCH3 is 1. The van der Waals surface area contributed by atoms with Crippen molar-refractivity contribution in [2.75, 3.05) is 26.9 Å². The van der Waals surface area contributed by atoms with Crippen molar-refractivity contribution < 1.29 is 23.7 Å². The molecule has 2 heterocycles. The number of hydrogen-bond acceptors (Lipinski definition) is 5. The van der Waals surface area contributed by atoms with Crippen LogP contribution in [0, 0.1) is 0 Å². The monoisotopic (exact) mass is 409 g/mol. The molecule has 0 saturated carbocycles. The molecule has 3 rings (SSSR count). The fraction of sp³-hybridized carbons (Fsp3) is 0.571. The summed E-state index contributed by atoms with van der Waals surface area (Å²) >= 11 is 6.36. The highest BCUT2D eigenvalue weighted by Crippen LogP contribution is 2.37. The van der Waals surface area contributed by atoms with Crippen LogP contribution in [0.4, 0.5) is 0 Å². The van der Waals surface area contributed by atoms with E-state index in [0.29, 0.717) is 36.3 Å². The fourth-order valence-corrected chi connectivity index (χ4v) is 3.83. The third-order valence-electron chi connectivity index (χ3n) is 4.82. The van der Waals surface area contributed by atoms with Crippen LogP contribution >= 0.6 is 11.6 Å². The van der Waals surface area contributed by atoms with E-state index in [9.17, 15) is 4.79 Å². The Bertz CT molecular complexity index is 715. The molecule has 2 fully saturated rings. The number of amides is 1. The Balaban J connectivity index is 1.74. The van der Waals surface area contributed by atoms with E-state index < -0.39 is 0 Å². The first kappa shape index (κ1) is 21.0. The summed E-state index contributed by atoms with van der Waals surface area (Å²) in [5.41, 5.74) is 0.772. The Morgan fingerprint density at radius 2 is 2.04 bits per heavy atom. The lowest BCUT2D eigenvalue weighted by Crippen LogP contribution is -2.49. The minimum atomic E-state index is -0.320. The molecule has 2 aliphatic heterocycles. The normalized spacial score (nSPS) is 20.9. The van der Waals surface area contributed by atoms with Gasteiger partial charge in [0.15, 0.2) is 17.8 Å². The van der Waals surface area contributed by atoms with Gasteiger partial charge in [-0.05, 0) is 56.9 Å². The molecule has 0 aliphatic carbocycles. The van der Waals surface area contributed by atoms with Gasteiger partial charge >= 0.3 is 0 Å². The summed E-state index contributed by atoms with van der Waals surface area (Å²) < 4.78 is 22.4. The summed E-state index contributed by atoms with van der Waals surface area (Å²) in [5, 5.41) is 0.448. The predicted molar refractivity (Wildman–Crippen MR) is 108 cm³/mol. The van der Waals surface area contributed by atoms with E-state index in [2.05, 4.69) is 0 Å². The lowest BCUT2D eigenvalue weighted by molar-refractivity contribution is -0.145. The van der Waals surface area contributed by atoms with Gasteiger partial charge in [0.1, 0.15) is 0 Å². The molecule has 0 aromatic heterocycles. The average Bonchev–Trinajstić information content (AvgIpc) is 3.22. The smallest absolute Gasteiger partial charge is 0.246 e. The highest BCUT2D eigenvalue weighted by atomic mass is 35.5. The third kappa shape index (κ3) is 4.99. The topological polar surface area (TPSA) is 57.2 Å². The fourth-order valence-electron chi connectivity index (χ4n) is 3.56. The second-order valence-electron chi connectivity index (χ2n) is 7.24. The van der Waals surface area contributed by atoms with Gasteiger partial charge < -0.3 is 23.8 Å². The number of carbonyl (C=O) groups is 1. The Morgan fingerprint density at radius 1 is 1.29 bits per heavy atom. The van der Waals surface area contributed by atoms with Gasteiger partial charge in [0, 0.05) is 12.6 Å². The second kappa shape index (κ2) is 9.63. The van der Waals surface area contributed by atoms with Crippen LogP contribution in [-0.4, -0.2) is 56.1 Å². The number of carbonyl (C=O) groups excluding carboxylic acids is 1. The van der Waals surface area contributed by atoms with E-state index in [0.717, 1.165) is 24.8 Å². The van der Waals surface area contributed by atoms with Crippen molar-refractivity contribution in [1.82, 2.24) is 4.90 Å². The van der Waals surface area contributed by atoms with Gasteiger partial charge in [-0.3, -0.25) is 4.79 Å². The number of ether oxygens (including phenoxy) is 4. The van der Waals surface area contributed by atoms with Gasteiger partial charge in [-0.25, -0.2) is 0 Å². The zero-order chi connectivity index (χ0) is 20.1. The van der Waals surface area contributed by atoms with E-state index >= 15 is 0 Å².